The Hall–Kier alpha value is -3.03. The molecule has 3 aromatic heterocycles. The van der Waals surface area contributed by atoms with E-state index in [9.17, 15) is 18.0 Å². The van der Waals surface area contributed by atoms with Gasteiger partial charge in [-0.15, -0.1) is 5.10 Å². The average Bonchev–Trinajstić information content (AvgIpc) is 3.48. The number of amides is 1. The van der Waals surface area contributed by atoms with Gasteiger partial charge in [-0.3, -0.25) is 9.52 Å². The summed E-state index contributed by atoms with van der Waals surface area (Å²) in [5.41, 5.74) is -1.23. The first-order valence-corrected chi connectivity index (χ1v) is 15.5. The lowest BCUT2D eigenvalue weighted by molar-refractivity contribution is -0.190. The maximum Gasteiger partial charge on any atom is 0.394 e. The molecule has 4 heterocycles. The van der Waals surface area contributed by atoms with Crippen molar-refractivity contribution in [1.82, 2.24) is 29.8 Å². The van der Waals surface area contributed by atoms with Gasteiger partial charge in [-0.2, -0.15) is 13.2 Å². The molecule has 0 radical (unpaired) electrons. The van der Waals surface area contributed by atoms with Gasteiger partial charge in [-0.25, -0.2) is 14.6 Å². The number of nitrogens with zero attached hydrogens (tertiary/aromatic N) is 4. The average molecular weight is 638 g/mol. The van der Waals surface area contributed by atoms with Gasteiger partial charge in [-0.1, -0.05) is 17.7 Å². The Bertz CT molecular complexity index is 1430. The molecule has 1 aliphatic carbocycles. The number of hydrogen-bond acceptors (Lipinski definition) is 8. The fraction of sp³-hybridized carbons (Fsp3) is 0.517. The lowest BCUT2D eigenvalue weighted by Gasteiger charge is -2.18. The Kier molecular flexibility index (Phi) is 9.43. The number of hydrogen-bond donors (Lipinski definition) is 3. The zero-order chi connectivity index (χ0) is 30.7. The van der Waals surface area contributed by atoms with E-state index in [0.717, 1.165) is 43.7 Å². The molecule has 3 aromatic rings. The minimum atomic E-state index is -4.22. The smallest absolute Gasteiger partial charge is 0.394 e. The van der Waals surface area contributed by atoms with Gasteiger partial charge in [0.15, 0.2) is 5.82 Å². The highest BCUT2D eigenvalue weighted by molar-refractivity contribution is 7.97. The maximum absolute atomic E-state index is 13.1. The summed E-state index contributed by atoms with van der Waals surface area (Å²) in [7, 11) is 0. The van der Waals surface area contributed by atoms with Crippen LogP contribution in [0.3, 0.4) is 0 Å². The van der Waals surface area contributed by atoms with Crippen LogP contribution in [0.1, 0.15) is 62.7 Å². The molecule has 1 saturated carbocycles. The molecule has 43 heavy (non-hydrogen) atoms. The van der Waals surface area contributed by atoms with Crippen molar-refractivity contribution >= 4 is 35.3 Å². The minimum absolute atomic E-state index is 0.0290. The van der Waals surface area contributed by atoms with E-state index in [1.165, 1.54) is 23.2 Å². The second kappa shape index (κ2) is 12.9. The third-order valence-corrected chi connectivity index (χ3v) is 8.91. The van der Waals surface area contributed by atoms with Crippen molar-refractivity contribution in [3.8, 4) is 11.7 Å². The lowest BCUT2D eigenvalue weighted by atomic mass is 9.94. The number of ether oxygens (including phenoxy) is 1. The summed E-state index contributed by atoms with van der Waals surface area (Å²) >= 11 is 7.39. The number of pyridine rings is 2. The van der Waals surface area contributed by atoms with Crippen LogP contribution in [0.5, 0.6) is 5.88 Å². The Morgan fingerprint density at radius 1 is 1.21 bits per heavy atom. The number of nitrogens with one attached hydrogen (secondary N) is 3. The highest BCUT2D eigenvalue weighted by Gasteiger charge is 2.62. The fourth-order valence-corrected chi connectivity index (χ4v) is 6.07. The van der Waals surface area contributed by atoms with Crippen LogP contribution in [-0.4, -0.2) is 57.1 Å². The predicted molar refractivity (Wildman–Crippen MR) is 160 cm³/mol. The van der Waals surface area contributed by atoms with Crippen LogP contribution in [0, 0.1) is 11.3 Å². The van der Waals surface area contributed by atoms with Gasteiger partial charge in [0.25, 0.3) is 5.91 Å². The molecule has 1 amide bonds. The predicted octanol–water partition coefficient (Wildman–Crippen LogP) is 6.44. The molecule has 9 nitrogen and oxygen atoms in total. The molecular weight excluding hydrogens is 603 g/mol. The molecule has 1 saturated heterocycles. The summed E-state index contributed by atoms with van der Waals surface area (Å²) in [6, 6.07) is 10.2. The molecule has 0 aromatic carbocycles. The van der Waals surface area contributed by atoms with E-state index in [-0.39, 0.29) is 48.0 Å². The summed E-state index contributed by atoms with van der Waals surface area (Å²) in [6.07, 6.45) is 0.890. The number of halogens is 4. The second-order valence-corrected chi connectivity index (χ2v) is 13.0. The van der Waals surface area contributed by atoms with Crippen molar-refractivity contribution in [2.75, 3.05) is 25.0 Å². The standard InChI is InChI=1S/C29H35ClF3N7O2S/c1-27(2)17-19(18-35-27)5-4-14-34-21-6-3-7-24(36-21)43-39-26(41)20-8-9-22(37-25(20)30)40-15-10-23(38-40)42-16-13-28(11-12-28)29(31,32)33/h3,6-10,15,19,35H,4-5,11-14,16-18H2,1-2H3,(H,34,36)(H,39,41). The van der Waals surface area contributed by atoms with Gasteiger partial charge < -0.3 is 15.4 Å². The number of rotatable bonds is 13. The van der Waals surface area contributed by atoms with Crippen LogP contribution < -0.4 is 20.1 Å². The van der Waals surface area contributed by atoms with Gasteiger partial charge in [0.05, 0.1) is 17.6 Å². The summed E-state index contributed by atoms with van der Waals surface area (Å²) in [5.74, 6) is 1.50. The summed E-state index contributed by atoms with van der Waals surface area (Å²) < 4.78 is 48.9. The Balaban J connectivity index is 1.08. The topological polar surface area (TPSA) is 106 Å². The van der Waals surface area contributed by atoms with E-state index in [2.05, 4.69) is 44.3 Å². The van der Waals surface area contributed by atoms with Crippen molar-refractivity contribution in [2.45, 2.75) is 69.1 Å². The number of alkyl halides is 3. The number of carbonyl (C=O) groups excluding carboxylic acids is 1. The van der Waals surface area contributed by atoms with E-state index < -0.39 is 17.5 Å². The van der Waals surface area contributed by atoms with E-state index in [4.69, 9.17) is 16.3 Å². The first-order chi connectivity index (χ1) is 20.4. The molecule has 2 fully saturated rings. The van der Waals surface area contributed by atoms with Crippen LogP contribution in [0.25, 0.3) is 5.82 Å². The summed E-state index contributed by atoms with van der Waals surface area (Å²) in [4.78, 5) is 21.6. The molecule has 5 rings (SSSR count). The monoisotopic (exact) mass is 637 g/mol. The van der Waals surface area contributed by atoms with Gasteiger partial charge in [-0.05, 0) is 89.1 Å². The number of anilines is 1. The first kappa shape index (κ1) is 31.4. The molecule has 1 unspecified atom stereocenters. The zero-order valence-corrected chi connectivity index (χ0v) is 25.6. The Morgan fingerprint density at radius 2 is 2.02 bits per heavy atom. The fourth-order valence-electron chi connectivity index (χ4n) is 5.23. The largest absolute Gasteiger partial charge is 0.477 e. The molecule has 1 aliphatic heterocycles. The Labute approximate surface area is 257 Å². The molecule has 0 spiro atoms. The van der Waals surface area contributed by atoms with Gasteiger partial charge >= 0.3 is 6.18 Å². The van der Waals surface area contributed by atoms with Crippen molar-refractivity contribution in [2.24, 2.45) is 11.3 Å². The molecule has 14 heteroatoms. The van der Waals surface area contributed by atoms with Crippen molar-refractivity contribution < 1.29 is 22.7 Å². The van der Waals surface area contributed by atoms with Crippen LogP contribution in [0.2, 0.25) is 5.15 Å². The van der Waals surface area contributed by atoms with Crippen molar-refractivity contribution in [3.63, 3.8) is 0 Å². The highest BCUT2D eigenvalue weighted by Crippen LogP contribution is 2.59. The quantitative estimate of drug-likeness (QED) is 0.112. The Morgan fingerprint density at radius 3 is 2.72 bits per heavy atom. The van der Waals surface area contributed by atoms with E-state index in [1.54, 1.807) is 18.3 Å². The number of carbonyl (C=O) groups is 1. The van der Waals surface area contributed by atoms with Crippen LogP contribution in [0.4, 0.5) is 19.0 Å². The molecule has 232 valence electrons. The second-order valence-electron chi connectivity index (χ2n) is 11.8. The van der Waals surface area contributed by atoms with Crippen LogP contribution in [-0.2, 0) is 0 Å². The lowest BCUT2D eigenvalue weighted by Crippen LogP contribution is -2.31. The van der Waals surface area contributed by atoms with Crippen LogP contribution >= 0.6 is 23.5 Å². The number of aromatic nitrogens is 4. The maximum atomic E-state index is 13.1. The van der Waals surface area contributed by atoms with E-state index >= 15 is 0 Å². The molecule has 1 atom stereocenters. The minimum Gasteiger partial charge on any atom is -0.477 e. The molecule has 3 N–H and O–H groups in total. The third kappa shape index (κ3) is 8.12. The SMILES string of the molecule is CC1(C)CC(CCCNc2cccc(SNC(=O)c3ccc(-n4ccc(OCCC5(C(F)(F)F)CC5)n4)nc3Cl)n2)CN1. The van der Waals surface area contributed by atoms with Crippen LogP contribution in [0.15, 0.2) is 47.6 Å². The van der Waals surface area contributed by atoms with Crippen molar-refractivity contribution in [3.05, 3.63) is 53.3 Å². The van der Waals surface area contributed by atoms with E-state index in [0.29, 0.717) is 16.8 Å². The normalized spacial score (nSPS) is 18.8. The zero-order valence-electron chi connectivity index (χ0n) is 24.0. The van der Waals surface area contributed by atoms with Gasteiger partial charge in [0, 0.05) is 36.3 Å². The third-order valence-electron chi connectivity index (χ3n) is 7.90. The van der Waals surface area contributed by atoms with Gasteiger partial charge in [0.2, 0.25) is 5.88 Å². The molecular formula is C29H35ClF3N7O2S. The molecule has 0 bridgehead atoms. The first-order valence-electron chi connectivity index (χ1n) is 14.3. The van der Waals surface area contributed by atoms with Crippen molar-refractivity contribution in [1.29, 1.82) is 0 Å². The summed E-state index contributed by atoms with van der Waals surface area (Å²) in [6.45, 7) is 6.28. The molecule has 2 aliphatic rings. The van der Waals surface area contributed by atoms with E-state index in [1.807, 2.05) is 12.1 Å². The highest BCUT2D eigenvalue weighted by atomic mass is 35.5. The summed E-state index contributed by atoms with van der Waals surface area (Å²) in [5, 5.41) is 11.7. The van der Waals surface area contributed by atoms with Gasteiger partial charge in [0.1, 0.15) is 16.0 Å².